The van der Waals surface area contributed by atoms with E-state index in [0.29, 0.717) is 12.5 Å². The number of hydrogen-bond acceptors (Lipinski definition) is 4. The highest BCUT2D eigenvalue weighted by atomic mass is 19.4. The highest BCUT2D eigenvalue weighted by Crippen LogP contribution is 2.27. The zero-order valence-electron chi connectivity index (χ0n) is 9.87. The van der Waals surface area contributed by atoms with E-state index in [1.54, 1.807) is 0 Å². The molecule has 1 aromatic rings. The minimum Gasteiger partial charge on any atom is -0.472 e. The van der Waals surface area contributed by atoms with Crippen molar-refractivity contribution in [1.29, 1.82) is 0 Å². The number of rotatable bonds is 2. The first-order valence-corrected chi connectivity index (χ1v) is 5.75. The molecule has 1 aliphatic heterocycles. The predicted molar refractivity (Wildman–Crippen MR) is 58.1 cm³/mol. The fourth-order valence-electron chi connectivity index (χ4n) is 1.81. The van der Waals surface area contributed by atoms with Gasteiger partial charge in [0.15, 0.2) is 5.69 Å². The van der Waals surface area contributed by atoms with Crippen molar-refractivity contribution in [2.75, 3.05) is 13.1 Å². The van der Waals surface area contributed by atoms with Crippen molar-refractivity contribution in [1.82, 2.24) is 15.5 Å². The van der Waals surface area contributed by atoms with Crippen LogP contribution in [0.2, 0.25) is 0 Å². The average molecular weight is 261 g/mol. The lowest BCUT2D eigenvalue weighted by atomic mass is 9.97. The van der Waals surface area contributed by atoms with Gasteiger partial charge in [-0.2, -0.15) is 13.2 Å². The molecule has 0 spiro atoms. The monoisotopic (exact) mass is 261 g/mol. The molecule has 0 radical (unpaired) electrons. The zero-order chi connectivity index (χ0) is 13.2. The Labute approximate surface area is 103 Å². The molecule has 0 bridgehead atoms. The number of hydrogen-bond donors (Lipinski definition) is 1. The Balaban J connectivity index is 2.02. The highest BCUT2D eigenvalue weighted by molar-refractivity contribution is 5.14. The summed E-state index contributed by atoms with van der Waals surface area (Å²) in [5.41, 5.74) is -1.01. The van der Waals surface area contributed by atoms with Crippen LogP contribution in [0.5, 0.6) is 5.88 Å². The number of alkyl halides is 3. The molecule has 100 valence electrons. The Morgan fingerprint density at radius 3 is 2.67 bits per heavy atom. The van der Waals surface area contributed by atoms with Crippen molar-refractivity contribution in [3.8, 4) is 5.88 Å². The lowest BCUT2D eigenvalue weighted by Gasteiger charge is -2.29. The van der Waals surface area contributed by atoms with Crippen LogP contribution in [-0.2, 0) is 6.18 Å². The van der Waals surface area contributed by atoms with Crippen LogP contribution in [0.3, 0.4) is 0 Å². The molecule has 2 atom stereocenters. The Hall–Kier alpha value is -1.37. The Morgan fingerprint density at radius 2 is 2.11 bits per heavy atom. The van der Waals surface area contributed by atoms with E-state index in [1.807, 2.05) is 6.92 Å². The van der Waals surface area contributed by atoms with Crippen molar-refractivity contribution in [3.63, 3.8) is 0 Å². The number of ether oxygens (including phenoxy) is 1. The Morgan fingerprint density at radius 1 is 1.33 bits per heavy atom. The molecule has 1 aliphatic rings. The molecule has 4 nitrogen and oxygen atoms in total. The quantitative estimate of drug-likeness (QED) is 0.883. The SMILES string of the molecule is CC1CCNCC1Oc1ccc(C(F)(F)F)nn1. The lowest BCUT2D eigenvalue weighted by molar-refractivity contribution is -0.141. The lowest BCUT2D eigenvalue weighted by Crippen LogP contribution is -2.43. The maximum Gasteiger partial charge on any atom is 0.435 e. The summed E-state index contributed by atoms with van der Waals surface area (Å²) in [6.45, 7) is 3.65. The Kier molecular flexibility index (Phi) is 3.70. The molecule has 2 heterocycles. The van der Waals surface area contributed by atoms with Crippen molar-refractivity contribution in [2.24, 2.45) is 5.92 Å². The van der Waals surface area contributed by atoms with E-state index >= 15 is 0 Å². The molecule has 1 aromatic heterocycles. The van der Waals surface area contributed by atoms with E-state index in [2.05, 4.69) is 15.5 Å². The number of halogens is 3. The third-order valence-corrected chi connectivity index (χ3v) is 2.96. The molecule has 1 saturated heterocycles. The molecule has 0 amide bonds. The molecule has 1 N–H and O–H groups in total. The van der Waals surface area contributed by atoms with Crippen LogP contribution in [-0.4, -0.2) is 29.4 Å². The van der Waals surface area contributed by atoms with Crippen LogP contribution < -0.4 is 10.1 Å². The zero-order valence-corrected chi connectivity index (χ0v) is 9.87. The summed E-state index contributed by atoms with van der Waals surface area (Å²) in [5.74, 6) is 0.471. The molecule has 18 heavy (non-hydrogen) atoms. The van der Waals surface area contributed by atoms with Gasteiger partial charge in [0, 0.05) is 12.6 Å². The van der Waals surface area contributed by atoms with Crippen LogP contribution in [0.25, 0.3) is 0 Å². The third-order valence-electron chi connectivity index (χ3n) is 2.96. The first-order valence-electron chi connectivity index (χ1n) is 5.75. The van der Waals surface area contributed by atoms with Crippen LogP contribution in [0, 0.1) is 5.92 Å². The molecule has 2 unspecified atom stereocenters. The fourth-order valence-corrected chi connectivity index (χ4v) is 1.81. The van der Waals surface area contributed by atoms with Gasteiger partial charge in [0.2, 0.25) is 5.88 Å². The summed E-state index contributed by atoms with van der Waals surface area (Å²) in [6, 6.07) is 2.08. The van der Waals surface area contributed by atoms with E-state index in [0.717, 1.165) is 19.0 Å². The smallest absolute Gasteiger partial charge is 0.435 e. The van der Waals surface area contributed by atoms with Crippen molar-refractivity contribution in [3.05, 3.63) is 17.8 Å². The number of piperidine rings is 1. The second-order valence-corrected chi connectivity index (χ2v) is 4.38. The van der Waals surface area contributed by atoms with Gasteiger partial charge in [0.05, 0.1) is 0 Å². The molecule has 2 rings (SSSR count). The topological polar surface area (TPSA) is 47.0 Å². The van der Waals surface area contributed by atoms with E-state index in [1.165, 1.54) is 6.07 Å². The number of nitrogens with zero attached hydrogens (tertiary/aromatic N) is 2. The number of aromatic nitrogens is 2. The summed E-state index contributed by atoms with van der Waals surface area (Å²) in [4.78, 5) is 0. The maximum atomic E-state index is 12.3. The summed E-state index contributed by atoms with van der Waals surface area (Å²) < 4.78 is 42.4. The van der Waals surface area contributed by atoms with Gasteiger partial charge >= 0.3 is 6.18 Å². The van der Waals surface area contributed by atoms with Gasteiger partial charge in [0.1, 0.15) is 6.10 Å². The second-order valence-electron chi connectivity index (χ2n) is 4.38. The van der Waals surface area contributed by atoms with Gasteiger partial charge in [-0.15, -0.1) is 10.2 Å². The minimum atomic E-state index is -4.47. The first-order chi connectivity index (χ1) is 8.47. The van der Waals surface area contributed by atoms with Crippen LogP contribution >= 0.6 is 0 Å². The normalized spacial score (nSPS) is 24.9. The largest absolute Gasteiger partial charge is 0.472 e. The van der Waals surface area contributed by atoms with Crippen LogP contribution in [0.4, 0.5) is 13.2 Å². The molecular weight excluding hydrogens is 247 g/mol. The summed E-state index contributed by atoms with van der Waals surface area (Å²) in [7, 11) is 0. The predicted octanol–water partition coefficient (Wildman–Crippen LogP) is 1.87. The van der Waals surface area contributed by atoms with Crippen LogP contribution in [0.1, 0.15) is 19.0 Å². The third kappa shape index (κ3) is 3.10. The fraction of sp³-hybridized carbons (Fsp3) is 0.636. The number of nitrogens with one attached hydrogen (secondary N) is 1. The summed E-state index contributed by atoms with van der Waals surface area (Å²) in [5, 5.41) is 9.74. The van der Waals surface area contributed by atoms with Gasteiger partial charge < -0.3 is 10.1 Å². The van der Waals surface area contributed by atoms with Gasteiger partial charge in [-0.1, -0.05) is 6.92 Å². The van der Waals surface area contributed by atoms with Gasteiger partial charge in [-0.25, -0.2) is 0 Å². The van der Waals surface area contributed by atoms with E-state index in [-0.39, 0.29) is 12.0 Å². The van der Waals surface area contributed by atoms with Crippen LogP contribution in [0.15, 0.2) is 12.1 Å². The molecule has 7 heteroatoms. The highest BCUT2D eigenvalue weighted by Gasteiger charge is 2.33. The average Bonchev–Trinajstić information content (AvgIpc) is 2.32. The molecule has 0 saturated carbocycles. The van der Waals surface area contributed by atoms with Crippen molar-refractivity contribution < 1.29 is 17.9 Å². The minimum absolute atomic E-state index is 0.0789. The Bertz CT molecular complexity index is 394. The van der Waals surface area contributed by atoms with Gasteiger partial charge in [0.25, 0.3) is 0 Å². The van der Waals surface area contributed by atoms with E-state index in [4.69, 9.17) is 4.74 Å². The molecule has 0 aromatic carbocycles. The maximum absolute atomic E-state index is 12.3. The first kappa shape index (κ1) is 13.1. The van der Waals surface area contributed by atoms with Crippen molar-refractivity contribution in [2.45, 2.75) is 25.6 Å². The summed E-state index contributed by atoms with van der Waals surface area (Å²) >= 11 is 0. The second kappa shape index (κ2) is 5.09. The molecular formula is C11H14F3N3O. The standard InChI is InChI=1S/C11H14F3N3O/c1-7-4-5-15-6-8(7)18-10-3-2-9(16-17-10)11(12,13)14/h2-3,7-8,15H,4-6H2,1H3. The van der Waals surface area contributed by atoms with E-state index < -0.39 is 11.9 Å². The van der Waals surface area contributed by atoms with Crippen molar-refractivity contribution >= 4 is 0 Å². The van der Waals surface area contributed by atoms with Gasteiger partial charge in [-0.05, 0) is 24.9 Å². The summed E-state index contributed by atoms with van der Waals surface area (Å²) in [6.07, 6.45) is -3.57. The van der Waals surface area contributed by atoms with E-state index in [9.17, 15) is 13.2 Å². The molecule has 1 fully saturated rings. The molecule has 0 aliphatic carbocycles. The van der Waals surface area contributed by atoms with Gasteiger partial charge in [-0.3, -0.25) is 0 Å².